The lowest BCUT2D eigenvalue weighted by Crippen LogP contribution is -2.15. The molecule has 0 saturated carbocycles. The number of nitrogens with two attached hydrogens (primary N) is 1. The van der Waals surface area contributed by atoms with Gasteiger partial charge in [0, 0.05) is 11.4 Å². The van der Waals surface area contributed by atoms with Gasteiger partial charge in [-0.1, -0.05) is 32.0 Å². The van der Waals surface area contributed by atoms with E-state index in [4.69, 9.17) is 5.73 Å². The summed E-state index contributed by atoms with van der Waals surface area (Å²) in [6.07, 6.45) is 0. The van der Waals surface area contributed by atoms with Crippen molar-refractivity contribution < 1.29 is 9.18 Å². The molecule has 0 heterocycles. The Morgan fingerprint density at radius 2 is 1.90 bits per heavy atom. The number of halogens is 1. The van der Waals surface area contributed by atoms with Crippen LogP contribution in [0.3, 0.4) is 0 Å². The number of rotatable bonds is 3. The van der Waals surface area contributed by atoms with Crippen LogP contribution < -0.4 is 11.1 Å². The summed E-state index contributed by atoms with van der Waals surface area (Å²) in [5.41, 5.74) is 7.59. The molecule has 0 bridgehead atoms. The van der Waals surface area contributed by atoms with Crippen LogP contribution >= 0.6 is 0 Å². The van der Waals surface area contributed by atoms with Gasteiger partial charge in [-0.05, 0) is 35.7 Å². The maximum atomic E-state index is 13.7. The number of hydrogen-bond donors (Lipinski definition) is 2. The molecule has 0 unspecified atom stereocenters. The molecule has 0 aliphatic heterocycles. The van der Waals surface area contributed by atoms with Gasteiger partial charge in [-0.3, -0.25) is 4.79 Å². The molecule has 2 aromatic rings. The Kier molecular flexibility index (Phi) is 4.03. The highest BCUT2D eigenvalue weighted by atomic mass is 19.1. The van der Waals surface area contributed by atoms with Crippen LogP contribution in [0.4, 0.5) is 15.8 Å². The maximum Gasteiger partial charge on any atom is 0.258 e. The summed E-state index contributed by atoms with van der Waals surface area (Å²) < 4.78 is 13.7. The molecule has 104 valence electrons. The summed E-state index contributed by atoms with van der Waals surface area (Å²) >= 11 is 0. The van der Waals surface area contributed by atoms with Gasteiger partial charge in [0.15, 0.2) is 0 Å². The molecule has 3 N–H and O–H groups in total. The fraction of sp³-hybridized carbons (Fsp3) is 0.188. The van der Waals surface area contributed by atoms with E-state index in [1.54, 1.807) is 6.07 Å². The van der Waals surface area contributed by atoms with Crippen molar-refractivity contribution in [2.24, 2.45) is 0 Å². The molecule has 0 radical (unpaired) electrons. The third kappa shape index (κ3) is 2.96. The van der Waals surface area contributed by atoms with Gasteiger partial charge < -0.3 is 11.1 Å². The van der Waals surface area contributed by atoms with Gasteiger partial charge in [0.05, 0.1) is 5.56 Å². The van der Waals surface area contributed by atoms with Gasteiger partial charge in [0.25, 0.3) is 5.91 Å². The maximum absolute atomic E-state index is 13.7. The smallest absolute Gasteiger partial charge is 0.258 e. The second-order valence-electron chi connectivity index (χ2n) is 4.94. The second-order valence-corrected chi connectivity index (χ2v) is 4.94. The highest BCUT2D eigenvalue weighted by molar-refractivity contribution is 6.05. The molecule has 0 aliphatic carbocycles. The number of nitrogens with one attached hydrogen (secondary N) is 1. The SMILES string of the molecule is CC(C)c1ccccc1NC(=O)c1cc(N)ccc1F. The van der Waals surface area contributed by atoms with Gasteiger partial charge in [-0.2, -0.15) is 0 Å². The fourth-order valence-electron chi connectivity index (χ4n) is 2.02. The molecular formula is C16H17FN2O. The van der Waals surface area contributed by atoms with Crippen molar-refractivity contribution in [1.82, 2.24) is 0 Å². The first-order valence-corrected chi connectivity index (χ1v) is 6.44. The molecule has 0 fully saturated rings. The second kappa shape index (κ2) is 5.74. The van der Waals surface area contributed by atoms with Crippen molar-refractivity contribution >= 4 is 17.3 Å². The predicted octanol–water partition coefficient (Wildman–Crippen LogP) is 3.78. The average molecular weight is 272 g/mol. The van der Waals surface area contributed by atoms with Crippen molar-refractivity contribution in [2.45, 2.75) is 19.8 Å². The normalized spacial score (nSPS) is 10.6. The number of nitrogen functional groups attached to an aromatic ring is 1. The number of carbonyl (C=O) groups excluding carboxylic acids is 1. The van der Waals surface area contributed by atoms with Crippen molar-refractivity contribution in [1.29, 1.82) is 0 Å². The molecule has 2 aromatic carbocycles. The van der Waals surface area contributed by atoms with E-state index >= 15 is 0 Å². The number of para-hydroxylation sites is 1. The Morgan fingerprint density at radius 1 is 1.20 bits per heavy atom. The van der Waals surface area contributed by atoms with Crippen molar-refractivity contribution in [3.63, 3.8) is 0 Å². The summed E-state index contributed by atoms with van der Waals surface area (Å²) in [5, 5.41) is 2.74. The van der Waals surface area contributed by atoms with Crippen LogP contribution in [0.15, 0.2) is 42.5 Å². The summed E-state index contributed by atoms with van der Waals surface area (Å²) in [6.45, 7) is 4.07. The van der Waals surface area contributed by atoms with E-state index in [1.165, 1.54) is 18.2 Å². The van der Waals surface area contributed by atoms with Crippen LogP contribution in [0, 0.1) is 5.82 Å². The fourth-order valence-corrected chi connectivity index (χ4v) is 2.02. The van der Waals surface area contributed by atoms with Gasteiger partial charge in [-0.25, -0.2) is 4.39 Å². The van der Waals surface area contributed by atoms with E-state index in [0.717, 1.165) is 5.56 Å². The lowest BCUT2D eigenvalue weighted by atomic mass is 10.0. The first-order chi connectivity index (χ1) is 9.49. The van der Waals surface area contributed by atoms with Crippen LogP contribution in [0.1, 0.15) is 35.7 Å². The number of benzene rings is 2. The minimum Gasteiger partial charge on any atom is -0.399 e. The zero-order valence-corrected chi connectivity index (χ0v) is 11.5. The van der Waals surface area contributed by atoms with Crippen LogP contribution in [0.5, 0.6) is 0 Å². The molecule has 2 rings (SSSR count). The molecular weight excluding hydrogens is 255 g/mol. The lowest BCUT2D eigenvalue weighted by Gasteiger charge is -2.14. The van der Waals surface area contributed by atoms with E-state index in [-0.39, 0.29) is 11.5 Å². The molecule has 0 aromatic heterocycles. The Bertz CT molecular complexity index is 638. The highest BCUT2D eigenvalue weighted by Crippen LogP contribution is 2.24. The molecule has 0 aliphatic rings. The number of carbonyl (C=O) groups is 1. The molecule has 0 saturated heterocycles. The van der Waals surface area contributed by atoms with E-state index in [9.17, 15) is 9.18 Å². The summed E-state index contributed by atoms with van der Waals surface area (Å²) in [5.74, 6) is -0.821. The monoisotopic (exact) mass is 272 g/mol. The van der Waals surface area contributed by atoms with Crippen LogP contribution in [0.2, 0.25) is 0 Å². The van der Waals surface area contributed by atoms with Gasteiger partial charge >= 0.3 is 0 Å². The van der Waals surface area contributed by atoms with Gasteiger partial charge in [0.1, 0.15) is 5.82 Å². The standard InChI is InChI=1S/C16H17FN2O/c1-10(2)12-5-3-4-6-15(12)19-16(20)13-9-11(18)7-8-14(13)17/h3-10H,18H2,1-2H3,(H,19,20). The van der Waals surface area contributed by atoms with Gasteiger partial charge in [0.2, 0.25) is 0 Å². The van der Waals surface area contributed by atoms with E-state index in [1.807, 2.05) is 32.0 Å². The van der Waals surface area contributed by atoms with E-state index in [2.05, 4.69) is 5.32 Å². The largest absolute Gasteiger partial charge is 0.399 e. The number of anilines is 2. The minimum atomic E-state index is -0.585. The third-order valence-electron chi connectivity index (χ3n) is 3.07. The van der Waals surface area contributed by atoms with Crippen molar-refractivity contribution in [3.05, 3.63) is 59.4 Å². The van der Waals surface area contributed by atoms with E-state index in [0.29, 0.717) is 11.4 Å². The van der Waals surface area contributed by atoms with E-state index < -0.39 is 11.7 Å². The lowest BCUT2D eigenvalue weighted by molar-refractivity contribution is 0.102. The van der Waals surface area contributed by atoms with Gasteiger partial charge in [-0.15, -0.1) is 0 Å². The van der Waals surface area contributed by atoms with Crippen molar-refractivity contribution in [3.8, 4) is 0 Å². The number of hydrogen-bond acceptors (Lipinski definition) is 2. The average Bonchev–Trinajstić information content (AvgIpc) is 2.41. The topological polar surface area (TPSA) is 55.1 Å². The predicted molar refractivity (Wildman–Crippen MR) is 79.3 cm³/mol. The minimum absolute atomic E-state index is 0.0523. The van der Waals surface area contributed by atoms with Crippen molar-refractivity contribution in [2.75, 3.05) is 11.1 Å². The first-order valence-electron chi connectivity index (χ1n) is 6.44. The molecule has 3 nitrogen and oxygen atoms in total. The zero-order valence-electron chi connectivity index (χ0n) is 11.5. The summed E-state index contributed by atoms with van der Waals surface area (Å²) in [7, 11) is 0. The zero-order chi connectivity index (χ0) is 14.7. The summed E-state index contributed by atoms with van der Waals surface area (Å²) in [6, 6.07) is 11.4. The Balaban J connectivity index is 2.31. The third-order valence-corrected chi connectivity index (χ3v) is 3.07. The molecule has 0 spiro atoms. The Morgan fingerprint density at radius 3 is 2.60 bits per heavy atom. The molecule has 4 heteroatoms. The first kappa shape index (κ1) is 14.1. The van der Waals surface area contributed by atoms with Crippen LogP contribution in [-0.4, -0.2) is 5.91 Å². The molecule has 1 amide bonds. The quantitative estimate of drug-likeness (QED) is 0.835. The van der Waals surface area contributed by atoms with Crippen LogP contribution in [-0.2, 0) is 0 Å². The van der Waals surface area contributed by atoms with Crippen LogP contribution in [0.25, 0.3) is 0 Å². The highest BCUT2D eigenvalue weighted by Gasteiger charge is 2.14. The Labute approximate surface area is 117 Å². The molecule has 0 atom stereocenters. The number of amides is 1. The summed E-state index contributed by atoms with van der Waals surface area (Å²) in [4.78, 5) is 12.2. The Hall–Kier alpha value is -2.36. The molecule has 20 heavy (non-hydrogen) atoms.